The van der Waals surface area contributed by atoms with Crippen molar-refractivity contribution in [2.24, 2.45) is 0 Å². The summed E-state index contributed by atoms with van der Waals surface area (Å²) in [6, 6.07) is 11.1. The van der Waals surface area contributed by atoms with Crippen molar-refractivity contribution in [1.29, 1.82) is 0 Å². The Balaban J connectivity index is 1.32. The molecule has 0 saturated heterocycles. The summed E-state index contributed by atoms with van der Waals surface area (Å²) in [5, 5.41) is 0.895. The maximum atomic E-state index is 13.8. The first-order valence-electron chi connectivity index (χ1n) is 9.77. The summed E-state index contributed by atoms with van der Waals surface area (Å²) in [6.07, 6.45) is 2.22. The highest BCUT2D eigenvalue weighted by atomic mass is 35.5. The van der Waals surface area contributed by atoms with Gasteiger partial charge in [0.05, 0.1) is 23.4 Å². The van der Waals surface area contributed by atoms with E-state index in [-0.39, 0.29) is 37.5 Å². The van der Waals surface area contributed by atoms with Gasteiger partial charge in [-0.25, -0.2) is 9.37 Å². The molecule has 3 rings (SSSR count). The Morgan fingerprint density at radius 2 is 1.81 bits per heavy atom. The van der Waals surface area contributed by atoms with Gasteiger partial charge in [0.2, 0.25) is 11.8 Å². The molecule has 0 bridgehead atoms. The second-order valence-electron chi connectivity index (χ2n) is 6.72. The fourth-order valence-corrected chi connectivity index (χ4v) is 3.17. The molecule has 0 spiro atoms. The van der Waals surface area contributed by atoms with Gasteiger partial charge in [-0.15, -0.1) is 0 Å². The number of hydrogen-bond donors (Lipinski definition) is 2. The highest BCUT2D eigenvalue weighted by Gasteiger charge is 2.12. The highest BCUT2D eigenvalue weighted by molar-refractivity contribution is 6.35. The topological polar surface area (TPSA) is 93.5 Å². The number of carbonyl (C=O) groups is 2. The summed E-state index contributed by atoms with van der Waals surface area (Å²) in [5.74, 6) is -0.126. The molecule has 0 unspecified atom stereocenters. The molecule has 1 aromatic heterocycles. The van der Waals surface area contributed by atoms with Crippen LogP contribution >= 0.6 is 23.2 Å². The monoisotopic (exact) mass is 479 g/mol. The lowest BCUT2D eigenvalue weighted by Crippen LogP contribution is -2.41. The van der Waals surface area contributed by atoms with Crippen LogP contribution in [0.25, 0.3) is 11.3 Å². The van der Waals surface area contributed by atoms with Crippen molar-refractivity contribution in [2.75, 3.05) is 6.61 Å². The van der Waals surface area contributed by atoms with Crippen molar-refractivity contribution in [3.8, 4) is 17.1 Å². The van der Waals surface area contributed by atoms with Crippen LogP contribution in [0, 0.1) is 5.82 Å². The fourth-order valence-electron chi connectivity index (χ4n) is 2.70. The Labute approximate surface area is 193 Å². The van der Waals surface area contributed by atoms with Crippen LogP contribution in [0.4, 0.5) is 4.39 Å². The number of nitrogens with zero attached hydrogens (tertiary/aromatic N) is 1. The molecule has 10 heteroatoms. The summed E-state index contributed by atoms with van der Waals surface area (Å²) in [7, 11) is 0. The van der Waals surface area contributed by atoms with Gasteiger partial charge >= 0.3 is 0 Å². The molecule has 0 saturated carbocycles. The summed E-state index contributed by atoms with van der Waals surface area (Å²) >= 11 is 11.8. The molecule has 2 aromatic carbocycles. The predicted octanol–water partition coefficient (Wildman–Crippen LogP) is 4.73. The third-order valence-corrected chi connectivity index (χ3v) is 4.83. The number of hydrazine groups is 1. The first-order chi connectivity index (χ1) is 15.4. The Bertz CT molecular complexity index is 1090. The number of ether oxygens (including phenoxy) is 1. The molecule has 32 heavy (non-hydrogen) atoms. The first-order valence-corrected chi connectivity index (χ1v) is 10.5. The molecule has 0 atom stereocenters. The van der Waals surface area contributed by atoms with Crippen LogP contribution in [0.15, 0.2) is 53.1 Å². The van der Waals surface area contributed by atoms with E-state index in [9.17, 15) is 14.0 Å². The van der Waals surface area contributed by atoms with Crippen molar-refractivity contribution in [3.05, 3.63) is 70.4 Å². The highest BCUT2D eigenvalue weighted by Crippen LogP contribution is 2.27. The Kier molecular flexibility index (Phi) is 8.47. The molecular weight excluding hydrogens is 460 g/mol. The van der Waals surface area contributed by atoms with Crippen LogP contribution in [-0.2, 0) is 16.0 Å². The maximum Gasteiger partial charge on any atom is 0.238 e. The third-order valence-electron chi connectivity index (χ3n) is 4.30. The van der Waals surface area contributed by atoms with Gasteiger partial charge in [0.1, 0.15) is 11.6 Å². The standard InChI is InChI=1S/C22H20Cl2FN3O4/c23-14-7-8-18(16(24)12-14)31-11-3-6-20(29)27-28-21(30)9-10-22-26-13-19(32-22)15-4-1-2-5-17(15)25/h1-2,4-5,7-8,12-13H,3,6,9-11H2,(H,27,29)(H,28,30). The molecule has 0 aliphatic heterocycles. The quantitative estimate of drug-likeness (QED) is 0.341. The number of rotatable bonds is 9. The average Bonchev–Trinajstić information content (AvgIpc) is 3.24. The van der Waals surface area contributed by atoms with Crippen LogP contribution in [0.5, 0.6) is 5.75 Å². The lowest BCUT2D eigenvalue weighted by Gasteiger charge is -2.09. The number of oxazole rings is 1. The van der Waals surface area contributed by atoms with Gasteiger partial charge in [0.25, 0.3) is 0 Å². The van der Waals surface area contributed by atoms with E-state index in [1.54, 1.807) is 36.4 Å². The van der Waals surface area contributed by atoms with E-state index < -0.39 is 11.7 Å². The second-order valence-corrected chi connectivity index (χ2v) is 7.56. The fraction of sp³-hybridized carbons (Fsp3) is 0.227. The zero-order valence-corrected chi connectivity index (χ0v) is 18.4. The third kappa shape index (κ3) is 6.96. The van der Waals surface area contributed by atoms with Gasteiger partial charge in [-0.05, 0) is 36.8 Å². The average molecular weight is 480 g/mol. The van der Waals surface area contributed by atoms with Gasteiger partial charge in [0, 0.05) is 24.3 Å². The van der Waals surface area contributed by atoms with E-state index in [1.165, 1.54) is 12.3 Å². The van der Waals surface area contributed by atoms with E-state index in [4.69, 9.17) is 32.4 Å². The van der Waals surface area contributed by atoms with E-state index in [2.05, 4.69) is 15.8 Å². The molecule has 168 valence electrons. The number of halogens is 3. The zero-order valence-electron chi connectivity index (χ0n) is 16.9. The smallest absolute Gasteiger partial charge is 0.238 e. The molecule has 0 fully saturated rings. The molecule has 0 aliphatic rings. The number of aromatic nitrogens is 1. The van der Waals surface area contributed by atoms with Crippen LogP contribution in [0.2, 0.25) is 10.0 Å². The second kappa shape index (κ2) is 11.5. The van der Waals surface area contributed by atoms with Crippen molar-refractivity contribution < 1.29 is 23.1 Å². The Hall–Kier alpha value is -3.10. The summed E-state index contributed by atoms with van der Waals surface area (Å²) in [5.41, 5.74) is 4.96. The molecule has 7 nitrogen and oxygen atoms in total. The molecule has 2 amide bonds. The maximum absolute atomic E-state index is 13.8. The molecule has 0 radical (unpaired) electrons. The number of hydrogen-bond acceptors (Lipinski definition) is 5. The van der Waals surface area contributed by atoms with E-state index >= 15 is 0 Å². The zero-order chi connectivity index (χ0) is 22.9. The number of benzene rings is 2. The minimum atomic E-state index is -0.419. The Morgan fingerprint density at radius 3 is 2.56 bits per heavy atom. The number of carbonyl (C=O) groups excluding carboxylic acids is 2. The first kappa shape index (κ1) is 23.6. The van der Waals surface area contributed by atoms with Gasteiger partial charge in [-0.3, -0.25) is 20.4 Å². The normalized spacial score (nSPS) is 10.6. The number of aryl methyl sites for hydroxylation is 1. The van der Waals surface area contributed by atoms with E-state index in [0.717, 1.165) is 0 Å². The van der Waals surface area contributed by atoms with Crippen LogP contribution in [-0.4, -0.2) is 23.4 Å². The van der Waals surface area contributed by atoms with E-state index in [0.29, 0.717) is 33.7 Å². The predicted molar refractivity (Wildman–Crippen MR) is 118 cm³/mol. The SMILES string of the molecule is O=C(CCCOc1ccc(Cl)cc1Cl)NNC(=O)CCc1ncc(-c2ccccc2F)o1. The minimum Gasteiger partial charge on any atom is -0.492 e. The van der Waals surface area contributed by atoms with Crippen molar-refractivity contribution in [2.45, 2.75) is 25.7 Å². The number of amides is 2. The van der Waals surface area contributed by atoms with Crippen molar-refractivity contribution in [1.82, 2.24) is 15.8 Å². The molecule has 1 heterocycles. The summed E-state index contributed by atoms with van der Waals surface area (Å²) in [6.45, 7) is 0.275. The van der Waals surface area contributed by atoms with Crippen LogP contribution in [0.3, 0.4) is 0 Å². The lowest BCUT2D eigenvalue weighted by atomic mass is 10.2. The largest absolute Gasteiger partial charge is 0.492 e. The van der Waals surface area contributed by atoms with Crippen LogP contribution in [0.1, 0.15) is 25.2 Å². The number of nitrogens with one attached hydrogen (secondary N) is 2. The van der Waals surface area contributed by atoms with Gasteiger partial charge in [-0.1, -0.05) is 35.3 Å². The molecule has 2 N–H and O–H groups in total. The summed E-state index contributed by atoms with van der Waals surface area (Å²) in [4.78, 5) is 27.8. The van der Waals surface area contributed by atoms with Gasteiger partial charge in [0.15, 0.2) is 11.7 Å². The molecule has 0 aliphatic carbocycles. The van der Waals surface area contributed by atoms with Gasteiger partial charge in [-0.2, -0.15) is 0 Å². The van der Waals surface area contributed by atoms with Crippen molar-refractivity contribution in [3.63, 3.8) is 0 Å². The minimum absolute atomic E-state index is 0.0374. The molecule has 3 aromatic rings. The molecular formula is C22H20Cl2FN3O4. The van der Waals surface area contributed by atoms with E-state index in [1.807, 2.05) is 0 Å². The van der Waals surface area contributed by atoms with Crippen molar-refractivity contribution >= 4 is 35.0 Å². The Morgan fingerprint density at radius 1 is 1.06 bits per heavy atom. The van der Waals surface area contributed by atoms with Crippen LogP contribution < -0.4 is 15.6 Å². The van der Waals surface area contributed by atoms with Gasteiger partial charge < -0.3 is 9.15 Å². The lowest BCUT2D eigenvalue weighted by molar-refractivity contribution is -0.129. The summed E-state index contributed by atoms with van der Waals surface area (Å²) < 4.78 is 24.8.